The molecule has 0 radical (unpaired) electrons. The molecule has 3 aromatic rings. The molecule has 2 aromatic heterocycles. The molecule has 0 amide bonds. The molecule has 0 atom stereocenters. The van der Waals surface area contributed by atoms with Crippen LogP contribution in [0.2, 0.25) is 0 Å². The van der Waals surface area contributed by atoms with Crippen molar-refractivity contribution in [2.24, 2.45) is 0 Å². The molecule has 108 valence electrons. The summed E-state index contributed by atoms with van der Waals surface area (Å²) in [5.41, 5.74) is 2.54. The van der Waals surface area contributed by atoms with Gasteiger partial charge in [0.05, 0.1) is 0 Å². The minimum absolute atomic E-state index is 0.925. The van der Waals surface area contributed by atoms with E-state index in [0.717, 1.165) is 31.0 Å². The molecule has 0 saturated heterocycles. The number of benzene rings is 1. The number of nitrogens with zero attached hydrogens (tertiary/aromatic N) is 2. The molecule has 0 aliphatic heterocycles. The van der Waals surface area contributed by atoms with Gasteiger partial charge in [0.1, 0.15) is 5.82 Å². The molecule has 0 fully saturated rings. The van der Waals surface area contributed by atoms with E-state index in [0.29, 0.717) is 0 Å². The van der Waals surface area contributed by atoms with E-state index in [1.54, 1.807) is 0 Å². The summed E-state index contributed by atoms with van der Waals surface area (Å²) >= 11 is 1.82. The summed E-state index contributed by atoms with van der Waals surface area (Å²) in [6, 6.07) is 12.5. The lowest BCUT2D eigenvalue weighted by Crippen LogP contribution is -2.19. The molecule has 1 N–H and O–H groups in total. The normalized spacial score (nSPS) is 10.9. The molecule has 0 spiro atoms. The second-order valence-electron chi connectivity index (χ2n) is 5.01. The summed E-state index contributed by atoms with van der Waals surface area (Å²) in [6.07, 6.45) is 3.91. The van der Waals surface area contributed by atoms with Crippen LogP contribution in [0.3, 0.4) is 0 Å². The van der Waals surface area contributed by atoms with Crippen LogP contribution in [0, 0.1) is 6.92 Å². The molecular formula is C17H19N3S. The summed E-state index contributed by atoms with van der Waals surface area (Å²) in [5, 5.41) is 5.66. The van der Waals surface area contributed by atoms with Gasteiger partial charge in [0.2, 0.25) is 0 Å². The highest BCUT2D eigenvalue weighted by atomic mass is 32.1. The summed E-state index contributed by atoms with van der Waals surface area (Å²) < 4.78 is 2.20. The minimum atomic E-state index is 0.925. The van der Waals surface area contributed by atoms with E-state index >= 15 is 0 Å². The van der Waals surface area contributed by atoms with Gasteiger partial charge in [0.25, 0.3) is 0 Å². The molecule has 21 heavy (non-hydrogen) atoms. The Hall–Kier alpha value is -1.91. The van der Waals surface area contributed by atoms with E-state index in [4.69, 9.17) is 0 Å². The zero-order valence-electron chi connectivity index (χ0n) is 12.1. The van der Waals surface area contributed by atoms with Gasteiger partial charge in [-0.15, -0.1) is 11.3 Å². The molecule has 2 heterocycles. The molecule has 1 aromatic carbocycles. The van der Waals surface area contributed by atoms with Gasteiger partial charge < -0.3 is 9.88 Å². The number of aryl methyl sites for hydroxylation is 1. The van der Waals surface area contributed by atoms with E-state index in [2.05, 4.69) is 45.4 Å². The monoisotopic (exact) mass is 297 g/mol. The van der Waals surface area contributed by atoms with Crippen molar-refractivity contribution in [2.75, 3.05) is 6.54 Å². The summed E-state index contributed by atoms with van der Waals surface area (Å²) in [7, 11) is 0. The van der Waals surface area contributed by atoms with Crippen molar-refractivity contribution in [1.29, 1.82) is 0 Å². The van der Waals surface area contributed by atoms with Crippen LogP contribution in [-0.4, -0.2) is 16.1 Å². The first-order chi connectivity index (χ1) is 10.3. The molecule has 0 bridgehead atoms. The smallest absolute Gasteiger partial charge is 0.139 e. The Labute approximate surface area is 129 Å². The van der Waals surface area contributed by atoms with Crippen molar-refractivity contribution in [3.63, 3.8) is 0 Å². The molecule has 0 unspecified atom stereocenters. The lowest BCUT2D eigenvalue weighted by Gasteiger charge is -2.09. The maximum atomic E-state index is 4.47. The van der Waals surface area contributed by atoms with E-state index in [-0.39, 0.29) is 0 Å². The third-order valence-corrected chi connectivity index (χ3v) is 4.55. The molecular weight excluding hydrogens is 278 g/mol. The van der Waals surface area contributed by atoms with Gasteiger partial charge >= 0.3 is 0 Å². The van der Waals surface area contributed by atoms with E-state index < -0.39 is 0 Å². The molecule has 3 rings (SSSR count). The molecule has 4 heteroatoms. The average molecular weight is 297 g/mol. The lowest BCUT2D eigenvalue weighted by atomic mass is 10.2. The number of hydrogen-bond donors (Lipinski definition) is 1. The number of imidazole rings is 1. The van der Waals surface area contributed by atoms with Gasteiger partial charge in [-0.2, -0.15) is 0 Å². The Kier molecular flexibility index (Phi) is 4.48. The summed E-state index contributed by atoms with van der Waals surface area (Å²) in [4.78, 5) is 5.89. The van der Waals surface area contributed by atoms with E-state index in [1.165, 1.54) is 10.4 Å². The first-order valence-electron chi connectivity index (χ1n) is 7.15. The van der Waals surface area contributed by atoms with Crippen LogP contribution in [0.1, 0.15) is 10.4 Å². The molecule has 0 saturated carbocycles. The number of rotatable bonds is 6. The maximum Gasteiger partial charge on any atom is 0.139 e. The second kappa shape index (κ2) is 6.70. The van der Waals surface area contributed by atoms with Crippen molar-refractivity contribution in [2.45, 2.75) is 20.0 Å². The first kappa shape index (κ1) is 14.0. The number of thiophene rings is 1. The predicted molar refractivity (Wildman–Crippen MR) is 88.4 cm³/mol. The zero-order valence-corrected chi connectivity index (χ0v) is 12.9. The Balaban J connectivity index is 1.57. The number of hydrogen-bond acceptors (Lipinski definition) is 3. The summed E-state index contributed by atoms with van der Waals surface area (Å²) in [6.45, 7) is 4.97. The first-order valence-corrected chi connectivity index (χ1v) is 8.03. The Bertz CT molecular complexity index is 685. The zero-order chi connectivity index (χ0) is 14.5. The quantitative estimate of drug-likeness (QED) is 0.703. The fraction of sp³-hybridized carbons (Fsp3) is 0.235. The van der Waals surface area contributed by atoms with Crippen LogP contribution in [0.4, 0.5) is 0 Å². The van der Waals surface area contributed by atoms with Crippen LogP contribution >= 0.6 is 11.3 Å². The van der Waals surface area contributed by atoms with Gasteiger partial charge in [0, 0.05) is 42.5 Å². The highest BCUT2D eigenvalue weighted by molar-refractivity contribution is 7.10. The SMILES string of the molecule is Cc1ccsc1CNCCn1ccnc1-c1ccccc1. The van der Waals surface area contributed by atoms with Crippen molar-refractivity contribution in [3.05, 3.63) is 64.6 Å². The lowest BCUT2D eigenvalue weighted by molar-refractivity contribution is 0.603. The van der Waals surface area contributed by atoms with Gasteiger partial charge in [-0.25, -0.2) is 4.98 Å². The Morgan fingerprint density at radius 3 is 2.81 bits per heavy atom. The van der Waals surface area contributed by atoms with Crippen LogP contribution in [-0.2, 0) is 13.1 Å². The van der Waals surface area contributed by atoms with Gasteiger partial charge in [-0.1, -0.05) is 30.3 Å². The van der Waals surface area contributed by atoms with Crippen molar-refractivity contribution in [3.8, 4) is 11.4 Å². The molecule has 3 nitrogen and oxygen atoms in total. The van der Waals surface area contributed by atoms with Gasteiger partial charge in [-0.3, -0.25) is 0 Å². The van der Waals surface area contributed by atoms with Gasteiger partial charge in [-0.05, 0) is 23.9 Å². The highest BCUT2D eigenvalue weighted by Crippen LogP contribution is 2.17. The van der Waals surface area contributed by atoms with Crippen molar-refractivity contribution >= 4 is 11.3 Å². The fourth-order valence-electron chi connectivity index (χ4n) is 2.32. The van der Waals surface area contributed by atoms with E-state index in [1.807, 2.05) is 41.9 Å². The number of aromatic nitrogens is 2. The van der Waals surface area contributed by atoms with Crippen molar-refractivity contribution < 1.29 is 0 Å². The maximum absolute atomic E-state index is 4.47. The van der Waals surface area contributed by atoms with Gasteiger partial charge in [0.15, 0.2) is 0 Å². The predicted octanol–water partition coefficient (Wildman–Crippen LogP) is 3.71. The standard InChI is InChI=1S/C17H19N3S/c1-14-7-12-21-16(14)13-18-8-10-20-11-9-19-17(20)15-5-3-2-4-6-15/h2-7,9,11-12,18H,8,10,13H2,1H3. The van der Waals surface area contributed by atoms with Crippen LogP contribution in [0.5, 0.6) is 0 Å². The minimum Gasteiger partial charge on any atom is -0.330 e. The van der Waals surface area contributed by atoms with E-state index in [9.17, 15) is 0 Å². The highest BCUT2D eigenvalue weighted by Gasteiger charge is 2.05. The van der Waals surface area contributed by atoms with Crippen LogP contribution in [0.25, 0.3) is 11.4 Å². The number of nitrogens with one attached hydrogen (secondary N) is 1. The third kappa shape index (κ3) is 3.40. The van der Waals surface area contributed by atoms with Crippen molar-refractivity contribution in [1.82, 2.24) is 14.9 Å². The Morgan fingerprint density at radius 1 is 1.19 bits per heavy atom. The fourth-order valence-corrected chi connectivity index (χ4v) is 3.20. The third-order valence-electron chi connectivity index (χ3n) is 3.53. The van der Waals surface area contributed by atoms with Crippen LogP contribution in [0.15, 0.2) is 54.2 Å². The largest absolute Gasteiger partial charge is 0.330 e. The topological polar surface area (TPSA) is 29.9 Å². The second-order valence-corrected chi connectivity index (χ2v) is 6.01. The molecule has 0 aliphatic carbocycles. The summed E-state index contributed by atoms with van der Waals surface area (Å²) in [5.74, 6) is 1.03. The van der Waals surface area contributed by atoms with Crippen LogP contribution < -0.4 is 5.32 Å². The molecule has 0 aliphatic rings. The average Bonchev–Trinajstić information content (AvgIpc) is 3.14. The Morgan fingerprint density at radius 2 is 2.05 bits per heavy atom.